The number of carbonyl (C=O) groups is 3. The van der Waals surface area contributed by atoms with Gasteiger partial charge in [-0.2, -0.15) is 0 Å². The summed E-state index contributed by atoms with van der Waals surface area (Å²) in [6, 6.07) is -0.650. The summed E-state index contributed by atoms with van der Waals surface area (Å²) in [6.45, 7) is 7.55. The fraction of sp³-hybridized carbons (Fsp3) is 0.792. The molecule has 0 aromatic rings. The number of unbranched alkanes of at least 4 members (excludes halogenated alkanes) is 6. The van der Waals surface area contributed by atoms with Crippen LogP contribution in [-0.4, -0.2) is 36.9 Å². The van der Waals surface area contributed by atoms with Crippen LogP contribution in [0.4, 0.5) is 0 Å². The van der Waals surface area contributed by atoms with Crippen molar-refractivity contribution in [3.8, 4) is 0 Å². The van der Waals surface area contributed by atoms with Crippen molar-refractivity contribution in [3.05, 3.63) is 12.2 Å². The van der Waals surface area contributed by atoms with Gasteiger partial charge in [0.2, 0.25) is 17.7 Å². The van der Waals surface area contributed by atoms with Gasteiger partial charge in [0.15, 0.2) is 0 Å². The molecule has 0 unspecified atom stereocenters. The molecule has 0 aromatic heterocycles. The number of amides is 3. The van der Waals surface area contributed by atoms with Crippen molar-refractivity contribution in [2.75, 3.05) is 13.1 Å². The lowest BCUT2D eigenvalue weighted by Gasteiger charge is -2.18. The number of rotatable bonds is 19. The fourth-order valence-corrected chi connectivity index (χ4v) is 2.94. The molecule has 0 saturated heterocycles. The minimum atomic E-state index is -0.650. The van der Waals surface area contributed by atoms with E-state index < -0.39 is 6.04 Å². The molecule has 30 heavy (non-hydrogen) atoms. The van der Waals surface area contributed by atoms with E-state index in [0.29, 0.717) is 25.9 Å². The zero-order valence-corrected chi connectivity index (χ0v) is 19.6. The maximum atomic E-state index is 12.5. The van der Waals surface area contributed by atoms with Crippen LogP contribution in [0.15, 0.2) is 12.2 Å². The van der Waals surface area contributed by atoms with Crippen LogP contribution in [-0.2, 0) is 14.4 Å². The molecule has 0 spiro atoms. The Balaban J connectivity index is 4.34. The van der Waals surface area contributed by atoms with E-state index in [-0.39, 0.29) is 24.1 Å². The Morgan fingerprint density at radius 3 is 2.03 bits per heavy atom. The smallest absolute Gasteiger partial charge is 0.242 e. The molecule has 0 saturated carbocycles. The van der Waals surface area contributed by atoms with Gasteiger partial charge < -0.3 is 16.0 Å². The van der Waals surface area contributed by atoms with Gasteiger partial charge >= 0.3 is 0 Å². The van der Waals surface area contributed by atoms with E-state index in [0.717, 1.165) is 57.8 Å². The van der Waals surface area contributed by atoms with Crippen LogP contribution in [0.5, 0.6) is 0 Å². The molecule has 6 heteroatoms. The van der Waals surface area contributed by atoms with Crippen molar-refractivity contribution in [1.82, 2.24) is 16.0 Å². The maximum absolute atomic E-state index is 12.5. The second-order valence-electron chi connectivity index (χ2n) is 7.87. The van der Waals surface area contributed by atoms with E-state index in [1.807, 2.05) is 0 Å². The van der Waals surface area contributed by atoms with Gasteiger partial charge in [-0.05, 0) is 44.9 Å². The Morgan fingerprint density at radius 1 is 0.700 bits per heavy atom. The van der Waals surface area contributed by atoms with Crippen LogP contribution in [0.1, 0.15) is 104 Å². The predicted octanol–water partition coefficient (Wildman–Crippen LogP) is 4.39. The first-order valence-electron chi connectivity index (χ1n) is 12.0. The monoisotopic (exact) mass is 423 g/mol. The molecule has 1 atom stereocenters. The minimum absolute atomic E-state index is 0.0693. The van der Waals surface area contributed by atoms with Crippen LogP contribution >= 0.6 is 0 Å². The summed E-state index contributed by atoms with van der Waals surface area (Å²) in [5, 5.41) is 8.57. The summed E-state index contributed by atoms with van der Waals surface area (Å²) in [5.74, 6) is -0.377. The maximum Gasteiger partial charge on any atom is 0.242 e. The van der Waals surface area contributed by atoms with Gasteiger partial charge in [-0.25, -0.2) is 0 Å². The zero-order valence-electron chi connectivity index (χ0n) is 19.6. The molecule has 3 amide bonds. The van der Waals surface area contributed by atoms with Crippen molar-refractivity contribution >= 4 is 17.7 Å². The molecule has 0 bridgehead atoms. The number of hydrogen-bond acceptors (Lipinski definition) is 3. The van der Waals surface area contributed by atoms with Crippen LogP contribution in [0.25, 0.3) is 0 Å². The predicted molar refractivity (Wildman–Crippen MR) is 124 cm³/mol. The largest absolute Gasteiger partial charge is 0.356 e. The first kappa shape index (κ1) is 28.1. The molecule has 0 radical (unpaired) electrons. The summed E-state index contributed by atoms with van der Waals surface area (Å²) >= 11 is 0. The van der Waals surface area contributed by atoms with Crippen molar-refractivity contribution in [2.45, 2.75) is 110 Å². The normalized spacial score (nSPS) is 12.0. The third-order valence-electron chi connectivity index (χ3n) is 4.89. The van der Waals surface area contributed by atoms with Gasteiger partial charge in [-0.3, -0.25) is 14.4 Å². The number of allylic oxidation sites excluding steroid dienone is 2. The highest BCUT2D eigenvalue weighted by Gasteiger charge is 2.21. The molecule has 174 valence electrons. The van der Waals surface area contributed by atoms with Gasteiger partial charge in [0.1, 0.15) is 6.04 Å². The summed E-state index contributed by atoms with van der Waals surface area (Å²) in [6.07, 6.45) is 15.5. The third-order valence-corrected chi connectivity index (χ3v) is 4.89. The highest BCUT2D eigenvalue weighted by Crippen LogP contribution is 2.06. The Bertz CT molecular complexity index is 492. The molecule has 6 nitrogen and oxygen atoms in total. The van der Waals surface area contributed by atoms with Gasteiger partial charge in [0.25, 0.3) is 0 Å². The SMILES string of the molecule is CCC/C=C/CCCCCC(=O)N[C@@H](CCC(=O)NCCCC)C(=O)NCCCC. The third kappa shape index (κ3) is 17.0. The Labute approximate surface area is 184 Å². The van der Waals surface area contributed by atoms with E-state index in [9.17, 15) is 14.4 Å². The number of nitrogens with one attached hydrogen (secondary N) is 3. The van der Waals surface area contributed by atoms with E-state index >= 15 is 0 Å². The summed E-state index contributed by atoms with van der Waals surface area (Å²) in [4.78, 5) is 36.7. The highest BCUT2D eigenvalue weighted by atomic mass is 16.2. The number of hydrogen-bond donors (Lipinski definition) is 3. The molecular weight excluding hydrogens is 378 g/mol. The lowest BCUT2D eigenvalue weighted by atomic mass is 10.1. The van der Waals surface area contributed by atoms with Crippen molar-refractivity contribution in [3.63, 3.8) is 0 Å². The molecular formula is C24H45N3O3. The first-order valence-corrected chi connectivity index (χ1v) is 12.0. The zero-order chi connectivity index (χ0) is 22.5. The first-order chi connectivity index (χ1) is 14.5. The molecule has 0 rings (SSSR count). The van der Waals surface area contributed by atoms with Crippen LogP contribution in [0, 0.1) is 0 Å². The number of carbonyl (C=O) groups excluding carboxylic acids is 3. The average molecular weight is 424 g/mol. The Kier molecular flexibility index (Phi) is 19.2. The molecule has 0 aliphatic carbocycles. The van der Waals surface area contributed by atoms with Gasteiger partial charge in [0.05, 0.1) is 0 Å². The van der Waals surface area contributed by atoms with Gasteiger partial charge in [-0.1, -0.05) is 58.6 Å². The standard InChI is InChI=1S/C24H45N3O3/c1-4-7-10-11-12-13-14-15-16-23(29)27-21(24(30)26-20-9-6-3)17-18-22(28)25-19-8-5-2/h10-11,21H,4-9,12-20H2,1-3H3,(H,25,28)(H,26,30)(H,27,29)/b11-10+/t21-/m0/s1. The van der Waals surface area contributed by atoms with Crippen LogP contribution in [0.2, 0.25) is 0 Å². The van der Waals surface area contributed by atoms with Crippen LogP contribution in [0.3, 0.4) is 0 Å². The Hall–Kier alpha value is -1.85. The quantitative estimate of drug-likeness (QED) is 0.213. The van der Waals surface area contributed by atoms with E-state index in [4.69, 9.17) is 0 Å². The van der Waals surface area contributed by atoms with E-state index in [2.05, 4.69) is 48.9 Å². The summed E-state index contributed by atoms with van der Waals surface area (Å²) < 4.78 is 0. The molecule has 3 N–H and O–H groups in total. The average Bonchev–Trinajstić information content (AvgIpc) is 2.73. The molecule has 0 aromatic carbocycles. The van der Waals surface area contributed by atoms with Crippen molar-refractivity contribution in [1.29, 1.82) is 0 Å². The Morgan fingerprint density at radius 2 is 1.37 bits per heavy atom. The highest BCUT2D eigenvalue weighted by molar-refractivity contribution is 5.88. The lowest BCUT2D eigenvalue weighted by molar-refractivity contribution is -0.129. The topological polar surface area (TPSA) is 87.3 Å². The van der Waals surface area contributed by atoms with Gasteiger partial charge in [-0.15, -0.1) is 0 Å². The molecule has 0 heterocycles. The van der Waals surface area contributed by atoms with E-state index in [1.165, 1.54) is 6.42 Å². The molecule has 0 aliphatic heterocycles. The summed E-state index contributed by atoms with van der Waals surface area (Å²) in [5.41, 5.74) is 0. The van der Waals surface area contributed by atoms with Gasteiger partial charge in [0, 0.05) is 25.9 Å². The van der Waals surface area contributed by atoms with Crippen molar-refractivity contribution in [2.24, 2.45) is 0 Å². The van der Waals surface area contributed by atoms with Crippen molar-refractivity contribution < 1.29 is 14.4 Å². The second kappa shape index (κ2) is 20.4. The van der Waals surface area contributed by atoms with Crippen LogP contribution < -0.4 is 16.0 Å². The fourth-order valence-electron chi connectivity index (χ4n) is 2.94. The minimum Gasteiger partial charge on any atom is -0.356 e. The second-order valence-corrected chi connectivity index (χ2v) is 7.87. The lowest BCUT2D eigenvalue weighted by Crippen LogP contribution is -2.47. The molecule has 0 aliphatic rings. The summed E-state index contributed by atoms with van der Waals surface area (Å²) in [7, 11) is 0. The molecule has 0 fully saturated rings. The van der Waals surface area contributed by atoms with E-state index in [1.54, 1.807) is 0 Å².